The zero-order chi connectivity index (χ0) is 22.5. The molecule has 7 nitrogen and oxygen atoms in total. The molecule has 0 unspecified atom stereocenters. The van der Waals surface area contributed by atoms with Crippen LogP contribution in [0.4, 0.5) is 19.3 Å². The molecule has 0 spiro atoms. The summed E-state index contributed by atoms with van der Waals surface area (Å²) in [6, 6.07) is 11.7. The normalized spacial score (nSPS) is 14.2. The van der Waals surface area contributed by atoms with Crippen LogP contribution in [0.1, 0.15) is 39.1 Å². The van der Waals surface area contributed by atoms with Crippen LogP contribution < -0.4 is 10.6 Å². The van der Waals surface area contributed by atoms with E-state index in [0.717, 1.165) is 10.6 Å². The van der Waals surface area contributed by atoms with Gasteiger partial charge in [-0.05, 0) is 42.7 Å². The van der Waals surface area contributed by atoms with Crippen molar-refractivity contribution in [1.29, 1.82) is 0 Å². The van der Waals surface area contributed by atoms with Crippen molar-refractivity contribution in [3.63, 3.8) is 0 Å². The smallest absolute Gasteiger partial charge is 0.317 e. The Morgan fingerprint density at radius 1 is 1.03 bits per heavy atom. The molecule has 0 bridgehead atoms. The van der Waals surface area contributed by atoms with Crippen LogP contribution in [-0.4, -0.2) is 40.1 Å². The summed E-state index contributed by atoms with van der Waals surface area (Å²) in [5.41, 5.74) is 0.916. The quantitative estimate of drug-likeness (QED) is 0.602. The molecular formula is C22H21F2N5O2S. The number of nitrogens with one attached hydrogen (secondary N) is 2. The van der Waals surface area contributed by atoms with Gasteiger partial charge in [0.15, 0.2) is 0 Å². The van der Waals surface area contributed by atoms with Gasteiger partial charge in [0.05, 0.1) is 5.69 Å². The average Bonchev–Trinajstić information content (AvgIpc) is 3.31. The second-order valence-electron chi connectivity index (χ2n) is 7.43. The van der Waals surface area contributed by atoms with Gasteiger partial charge in [0.2, 0.25) is 5.01 Å². The molecule has 1 fully saturated rings. The van der Waals surface area contributed by atoms with Gasteiger partial charge in [0.1, 0.15) is 16.6 Å². The number of anilines is 1. The lowest BCUT2D eigenvalue weighted by Gasteiger charge is -2.31. The van der Waals surface area contributed by atoms with Crippen molar-refractivity contribution in [3.8, 4) is 0 Å². The minimum absolute atomic E-state index is 0.0919. The molecule has 0 aliphatic carbocycles. The number of carbonyl (C=O) groups is 2. The summed E-state index contributed by atoms with van der Waals surface area (Å²) in [5.74, 6) is -1.23. The van der Waals surface area contributed by atoms with Crippen molar-refractivity contribution in [2.75, 3.05) is 18.4 Å². The Morgan fingerprint density at radius 2 is 1.75 bits per heavy atom. The Morgan fingerprint density at radius 3 is 2.47 bits per heavy atom. The second-order valence-corrected chi connectivity index (χ2v) is 8.44. The average molecular weight is 458 g/mol. The maximum absolute atomic E-state index is 13.7. The lowest BCUT2D eigenvalue weighted by molar-refractivity contribution is 0.102. The molecule has 166 valence electrons. The molecule has 0 saturated carbocycles. The minimum Gasteiger partial charge on any atom is -0.334 e. The fourth-order valence-electron chi connectivity index (χ4n) is 3.45. The van der Waals surface area contributed by atoms with E-state index >= 15 is 0 Å². The van der Waals surface area contributed by atoms with Gasteiger partial charge < -0.3 is 15.5 Å². The number of carbonyl (C=O) groups excluding carboxylic acids is 2. The van der Waals surface area contributed by atoms with Crippen LogP contribution in [0.5, 0.6) is 0 Å². The van der Waals surface area contributed by atoms with E-state index in [1.807, 2.05) is 0 Å². The molecule has 10 heteroatoms. The molecule has 1 aliphatic rings. The van der Waals surface area contributed by atoms with Crippen LogP contribution in [-0.2, 0) is 6.54 Å². The molecule has 2 heterocycles. The summed E-state index contributed by atoms with van der Waals surface area (Å²) in [4.78, 5) is 26.5. The largest absolute Gasteiger partial charge is 0.334 e. The van der Waals surface area contributed by atoms with Gasteiger partial charge in [0, 0.05) is 25.6 Å². The number of rotatable bonds is 5. The zero-order valence-electron chi connectivity index (χ0n) is 17.1. The number of nitrogens with zero attached hydrogens (tertiary/aromatic N) is 3. The summed E-state index contributed by atoms with van der Waals surface area (Å²) in [5, 5.41) is 14.4. The lowest BCUT2D eigenvalue weighted by Crippen LogP contribution is -2.43. The van der Waals surface area contributed by atoms with Crippen LogP contribution in [0.2, 0.25) is 0 Å². The fourth-order valence-corrected chi connectivity index (χ4v) is 4.36. The van der Waals surface area contributed by atoms with Gasteiger partial charge in [-0.15, -0.1) is 10.2 Å². The topological polar surface area (TPSA) is 87.2 Å². The number of halogens is 2. The second kappa shape index (κ2) is 9.82. The third-order valence-corrected chi connectivity index (χ3v) is 6.33. The number of benzene rings is 2. The first-order valence-corrected chi connectivity index (χ1v) is 11.0. The van der Waals surface area contributed by atoms with Crippen molar-refractivity contribution in [3.05, 3.63) is 75.7 Å². The molecule has 0 atom stereocenters. The van der Waals surface area contributed by atoms with E-state index < -0.39 is 11.7 Å². The van der Waals surface area contributed by atoms with Crippen LogP contribution in [0.15, 0.2) is 48.5 Å². The first-order valence-electron chi connectivity index (χ1n) is 10.2. The number of hydrogen-bond acceptors (Lipinski definition) is 5. The Kier molecular flexibility index (Phi) is 6.69. The third-order valence-electron chi connectivity index (χ3n) is 5.25. The number of urea groups is 1. The third kappa shape index (κ3) is 5.25. The number of aromatic nitrogens is 2. The predicted octanol–water partition coefficient (Wildman–Crippen LogP) is 4.16. The summed E-state index contributed by atoms with van der Waals surface area (Å²) in [6.07, 6.45) is 1.40. The molecule has 0 radical (unpaired) electrons. The van der Waals surface area contributed by atoms with Crippen LogP contribution in [0.3, 0.4) is 0 Å². The van der Waals surface area contributed by atoms with E-state index in [0.29, 0.717) is 32.5 Å². The monoisotopic (exact) mass is 457 g/mol. The number of hydrogen-bond donors (Lipinski definition) is 2. The molecule has 1 aromatic heterocycles. The Hall–Kier alpha value is -3.40. The molecule has 1 aliphatic heterocycles. The molecule has 2 aromatic carbocycles. The summed E-state index contributed by atoms with van der Waals surface area (Å²) >= 11 is 1.18. The van der Waals surface area contributed by atoms with Crippen molar-refractivity contribution in [2.45, 2.75) is 25.3 Å². The van der Waals surface area contributed by atoms with Crippen LogP contribution in [0.25, 0.3) is 0 Å². The van der Waals surface area contributed by atoms with Crippen molar-refractivity contribution in [1.82, 2.24) is 20.4 Å². The maximum atomic E-state index is 13.7. The maximum Gasteiger partial charge on any atom is 0.317 e. The van der Waals surface area contributed by atoms with Gasteiger partial charge in [-0.25, -0.2) is 13.6 Å². The number of likely N-dealkylation sites (tertiary alicyclic amines) is 1. The molecular weight excluding hydrogens is 436 g/mol. The van der Waals surface area contributed by atoms with Gasteiger partial charge in [-0.3, -0.25) is 4.79 Å². The first-order chi connectivity index (χ1) is 15.5. The highest BCUT2D eigenvalue weighted by Gasteiger charge is 2.27. The van der Waals surface area contributed by atoms with E-state index in [4.69, 9.17) is 0 Å². The van der Waals surface area contributed by atoms with E-state index in [1.165, 1.54) is 35.6 Å². The summed E-state index contributed by atoms with van der Waals surface area (Å²) in [7, 11) is 0. The van der Waals surface area contributed by atoms with Gasteiger partial charge in [0.25, 0.3) is 5.91 Å². The molecule has 1 saturated heterocycles. The Labute approximate surface area is 187 Å². The van der Waals surface area contributed by atoms with Gasteiger partial charge in [-0.1, -0.05) is 35.6 Å². The highest BCUT2D eigenvalue weighted by Crippen LogP contribution is 2.30. The molecule has 32 heavy (non-hydrogen) atoms. The minimum atomic E-state index is -0.518. The molecule has 4 rings (SSSR count). The highest BCUT2D eigenvalue weighted by atomic mass is 32.1. The predicted molar refractivity (Wildman–Crippen MR) is 116 cm³/mol. The molecule has 3 amide bonds. The van der Waals surface area contributed by atoms with E-state index in [1.54, 1.807) is 29.2 Å². The summed E-state index contributed by atoms with van der Waals surface area (Å²) in [6.45, 7) is 1.43. The first kappa shape index (κ1) is 21.8. The Balaban J connectivity index is 1.27. The number of piperidine rings is 1. The van der Waals surface area contributed by atoms with Crippen LogP contribution in [0, 0.1) is 11.6 Å². The Bertz CT molecular complexity index is 1100. The van der Waals surface area contributed by atoms with Crippen molar-refractivity contribution < 1.29 is 18.4 Å². The van der Waals surface area contributed by atoms with Crippen molar-refractivity contribution in [2.24, 2.45) is 0 Å². The van der Waals surface area contributed by atoms with Gasteiger partial charge in [-0.2, -0.15) is 0 Å². The summed E-state index contributed by atoms with van der Waals surface area (Å²) < 4.78 is 26.7. The zero-order valence-corrected chi connectivity index (χ0v) is 17.9. The van der Waals surface area contributed by atoms with E-state index in [-0.39, 0.29) is 28.5 Å². The molecule has 3 aromatic rings. The van der Waals surface area contributed by atoms with Crippen molar-refractivity contribution >= 4 is 29.0 Å². The van der Waals surface area contributed by atoms with Crippen LogP contribution >= 0.6 is 11.3 Å². The molecule has 2 N–H and O–H groups in total. The highest BCUT2D eigenvalue weighted by molar-refractivity contribution is 7.13. The lowest BCUT2D eigenvalue weighted by atomic mass is 9.98. The SMILES string of the molecule is O=C(Nc1ccccc1F)c1nnc(C2CCN(C(=O)NCc3ccc(F)cc3)CC2)s1. The van der Waals surface area contributed by atoms with E-state index in [2.05, 4.69) is 20.8 Å². The number of amides is 3. The standard InChI is InChI=1S/C22H21F2N5O2S/c23-16-7-5-14(6-8-16)13-25-22(31)29-11-9-15(10-12-29)20-27-28-21(32-20)19(30)26-18-4-2-1-3-17(18)24/h1-8,15H,9-13H2,(H,25,31)(H,26,30). The van der Waals surface area contributed by atoms with E-state index in [9.17, 15) is 18.4 Å². The fraction of sp³-hybridized carbons (Fsp3) is 0.273. The van der Waals surface area contributed by atoms with Gasteiger partial charge >= 0.3 is 6.03 Å². The number of para-hydroxylation sites is 1.